The lowest BCUT2D eigenvalue weighted by molar-refractivity contribution is -0.303. The molecule has 0 aromatic carbocycles. The molecule has 0 aliphatic carbocycles. The number of hydrogen-bond acceptors (Lipinski definition) is 10. The zero-order valence-electron chi connectivity index (χ0n) is 45.5. The Balaban J connectivity index is 2.29. The van der Waals surface area contributed by atoms with Crippen molar-refractivity contribution in [2.45, 2.75) is 345 Å². The number of amides is 1. The van der Waals surface area contributed by atoms with E-state index < -0.39 is 74.2 Å². The Morgan fingerprint density at radius 3 is 1.20 bits per heavy atom. The van der Waals surface area contributed by atoms with E-state index in [1.54, 1.807) is 0 Å². The van der Waals surface area contributed by atoms with E-state index in [0.717, 1.165) is 44.9 Å². The SMILES string of the molecule is CCCCCCCCCCCCCC/C=C\CCCCCCCCCCC(O)C(=O)NC(COC1OC(CO)C(O)C(O)C1O)C(O)C(O)CCCCCCCCCCCCCCCCCCCCC. The van der Waals surface area contributed by atoms with Crippen molar-refractivity contribution in [2.75, 3.05) is 13.2 Å². The van der Waals surface area contributed by atoms with Crippen LogP contribution in [0.25, 0.3) is 0 Å². The normalized spacial score (nSPS) is 20.3. The fourth-order valence-corrected chi connectivity index (χ4v) is 9.91. The summed E-state index contributed by atoms with van der Waals surface area (Å²) in [6, 6.07) is -1.17. The fourth-order valence-electron chi connectivity index (χ4n) is 9.91. The van der Waals surface area contributed by atoms with Crippen LogP contribution in [0.4, 0.5) is 0 Å². The number of rotatable bonds is 52. The minimum atomic E-state index is -1.66. The summed E-state index contributed by atoms with van der Waals surface area (Å²) in [7, 11) is 0. The first-order chi connectivity index (χ1) is 34.2. The lowest BCUT2D eigenvalue weighted by Crippen LogP contribution is -2.60. The summed E-state index contributed by atoms with van der Waals surface area (Å²) in [6.07, 6.45) is 45.5. The van der Waals surface area contributed by atoms with Gasteiger partial charge in [-0.05, 0) is 38.5 Å². The van der Waals surface area contributed by atoms with Crippen LogP contribution in [0.3, 0.4) is 0 Å². The molecule has 1 amide bonds. The molecule has 0 spiro atoms. The Bertz CT molecular complexity index is 1140. The molecular formula is C59H115NO10. The van der Waals surface area contributed by atoms with Crippen LogP contribution in [0.15, 0.2) is 12.2 Å². The fraction of sp³-hybridized carbons (Fsp3) is 0.949. The van der Waals surface area contributed by atoms with E-state index in [2.05, 4.69) is 31.3 Å². The molecule has 1 aliphatic rings. The lowest BCUT2D eigenvalue weighted by Gasteiger charge is -2.40. The van der Waals surface area contributed by atoms with Crippen LogP contribution >= 0.6 is 0 Å². The van der Waals surface area contributed by atoms with E-state index in [1.807, 2.05) is 0 Å². The molecule has 1 fully saturated rings. The van der Waals surface area contributed by atoms with Crippen LogP contribution in [-0.2, 0) is 14.3 Å². The minimum Gasteiger partial charge on any atom is -0.394 e. The molecule has 8 N–H and O–H groups in total. The smallest absolute Gasteiger partial charge is 0.249 e. The number of unbranched alkanes of at least 4 members (excludes halogenated alkanes) is 38. The van der Waals surface area contributed by atoms with Crippen molar-refractivity contribution in [1.29, 1.82) is 0 Å². The molecular weight excluding hydrogens is 883 g/mol. The number of carbonyl (C=O) groups is 1. The molecule has 0 bridgehead atoms. The van der Waals surface area contributed by atoms with Crippen LogP contribution in [-0.4, -0.2) is 110 Å². The molecule has 0 aromatic heterocycles. The molecule has 1 aliphatic heterocycles. The molecule has 0 radical (unpaired) electrons. The van der Waals surface area contributed by atoms with Gasteiger partial charge in [0.05, 0.1) is 25.4 Å². The number of hydrogen-bond donors (Lipinski definition) is 8. The Morgan fingerprint density at radius 2 is 0.829 bits per heavy atom. The minimum absolute atomic E-state index is 0.260. The maximum atomic E-state index is 13.2. The molecule has 0 aromatic rings. The third-order valence-electron chi connectivity index (χ3n) is 14.8. The highest BCUT2D eigenvalue weighted by atomic mass is 16.7. The van der Waals surface area contributed by atoms with Gasteiger partial charge in [-0.3, -0.25) is 4.79 Å². The quantitative estimate of drug-likeness (QED) is 0.0215. The van der Waals surface area contributed by atoms with Crippen molar-refractivity contribution < 1.29 is 50.0 Å². The van der Waals surface area contributed by atoms with Gasteiger partial charge >= 0.3 is 0 Å². The Hall–Kier alpha value is -1.15. The molecule has 11 heteroatoms. The summed E-state index contributed by atoms with van der Waals surface area (Å²) in [5.41, 5.74) is 0. The van der Waals surface area contributed by atoms with Gasteiger partial charge in [0.25, 0.3) is 0 Å². The maximum absolute atomic E-state index is 13.2. The zero-order chi connectivity index (χ0) is 51.1. The first-order valence-corrected chi connectivity index (χ1v) is 30.1. The predicted molar refractivity (Wildman–Crippen MR) is 289 cm³/mol. The number of aliphatic hydroxyl groups excluding tert-OH is 7. The molecule has 416 valence electrons. The maximum Gasteiger partial charge on any atom is 0.249 e. The van der Waals surface area contributed by atoms with Gasteiger partial charge in [-0.25, -0.2) is 0 Å². The van der Waals surface area contributed by atoms with Gasteiger partial charge in [0.2, 0.25) is 5.91 Å². The first kappa shape index (κ1) is 66.9. The molecule has 1 rings (SSSR count). The molecule has 1 heterocycles. The highest BCUT2D eigenvalue weighted by molar-refractivity contribution is 5.80. The Kier molecular flexibility index (Phi) is 46.6. The van der Waals surface area contributed by atoms with Crippen LogP contribution in [0.1, 0.15) is 290 Å². The number of aliphatic hydroxyl groups is 7. The van der Waals surface area contributed by atoms with Gasteiger partial charge in [-0.2, -0.15) is 0 Å². The van der Waals surface area contributed by atoms with Crippen molar-refractivity contribution in [2.24, 2.45) is 0 Å². The monoisotopic (exact) mass is 998 g/mol. The van der Waals surface area contributed by atoms with Gasteiger partial charge < -0.3 is 50.5 Å². The van der Waals surface area contributed by atoms with Gasteiger partial charge in [0, 0.05) is 0 Å². The third-order valence-corrected chi connectivity index (χ3v) is 14.8. The van der Waals surface area contributed by atoms with Crippen LogP contribution in [0, 0.1) is 0 Å². The van der Waals surface area contributed by atoms with E-state index in [9.17, 15) is 40.5 Å². The molecule has 0 saturated carbocycles. The van der Waals surface area contributed by atoms with E-state index >= 15 is 0 Å². The predicted octanol–water partition coefficient (Wildman–Crippen LogP) is 12.7. The van der Waals surface area contributed by atoms with Gasteiger partial charge in [-0.1, -0.05) is 264 Å². The average Bonchev–Trinajstić information content (AvgIpc) is 3.36. The van der Waals surface area contributed by atoms with Gasteiger partial charge in [0.1, 0.15) is 36.6 Å². The van der Waals surface area contributed by atoms with Gasteiger partial charge in [-0.15, -0.1) is 0 Å². The van der Waals surface area contributed by atoms with Gasteiger partial charge in [0.15, 0.2) is 6.29 Å². The van der Waals surface area contributed by atoms with Crippen molar-refractivity contribution >= 4 is 5.91 Å². The van der Waals surface area contributed by atoms with E-state index in [-0.39, 0.29) is 6.42 Å². The second kappa shape index (κ2) is 48.8. The number of ether oxygens (including phenoxy) is 2. The standard InChI is InChI=1S/C59H115NO10/c1-3-5-7-9-11-13-15-17-19-21-23-24-25-26-27-29-31-33-35-37-39-41-43-45-47-52(63)58(68)60-50(49-69-59-57(67)56(66)55(65)53(48-61)70-59)54(64)51(62)46-44-42-40-38-36-34-32-30-28-22-20-18-16-14-12-10-8-6-4-2/h26-27,50-57,59,61-67H,3-25,28-49H2,1-2H3,(H,60,68)/b27-26-. The second-order valence-corrected chi connectivity index (χ2v) is 21.4. The summed E-state index contributed by atoms with van der Waals surface area (Å²) in [6.45, 7) is 3.50. The summed E-state index contributed by atoms with van der Waals surface area (Å²) >= 11 is 0. The highest BCUT2D eigenvalue weighted by Gasteiger charge is 2.44. The second-order valence-electron chi connectivity index (χ2n) is 21.4. The van der Waals surface area contributed by atoms with E-state index in [1.165, 1.54) is 205 Å². The van der Waals surface area contributed by atoms with Crippen molar-refractivity contribution in [3.05, 3.63) is 12.2 Å². The number of nitrogens with one attached hydrogen (secondary N) is 1. The topological polar surface area (TPSA) is 189 Å². The first-order valence-electron chi connectivity index (χ1n) is 30.1. The lowest BCUT2D eigenvalue weighted by atomic mass is 9.98. The Labute approximate surface area is 430 Å². The summed E-state index contributed by atoms with van der Waals surface area (Å²) in [5, 5.41) is 76.2. The number of carbonyl (C=O) groups excluding carboxylic acids is 1. The summed E-state index contributed by atoms with van der Waals surface area (Å²) in [4.78, 5) is 13.2. The number of allylic oxidation sites excluding steroid dienone is 2. The van der Waals surface area contributed by atoms with E-state index in [0.29, 0.717) is 19.3 Å². The van der Waals surface area contributed by atoms with Crippen molar-refractivity contribution in [1.82, 2.24) is 5.32 Å². The zero-order valence-corrected chi connectivity index (χ0v) is 45.5. The average molecular weight is 999 g/mol. The summed E-state index contributed by atoms with van der Waals surface area (Å²) < 4.78 is 11.2. The Morgan fingerprint density at radius 1 is 0.486 bits per heavy atom. The third kappa shape index (κ3) is 36.7. The van der Waals surface area contributed by atoms with Crippen LogP contribution in [0.5, 0.6) is 0 Å². The van der Waals surface area contributed by atoms with E-state index in [4.69, 9.17) is 9.47 Å². The molecule has 1 saturated heterocycles. The highest BCUT2D eigenvalue weighted by Crippen LogP contribution is 2.24. The van der Waals surface area contributed by atoms with Crippen molar-refractivity contribution in [3.63, 3.8) is 0 Å². The van der Waals surface area contributed by atoms with Crippen LogP contribution in [0.2, 0.25) is 0 Å². The van der Waals surface area contributed by atoms with Crippen molar-refractivity contribution in [3.8, 4) is 0 Å². The van der Waals surface area contributed by atoms with Crippen LogP contribution < -0.4 is 5.32 Å². The molecule has 70 heavy (non-hydrogen) atoms. The molecule has 9 atom stereocenters. The summed E-state index contributed by atoms with van der Waals surface area (Å²) in [5.74, 6) is -0.694. The molecule has 11 nitrogen and oxygen atoms in total. The largest absolute Gasteiger partial charge is 0.394 e. The molecule has 9 unspecified atom stereocenters.